The van der Waals surface area contributed by atoms with E-state index < -0.39 is 0 Å². The fraction of sp³-hybridized carbons (Fsp3) is 0.348. The predicted octanol–water partition coefficient (Wildman–Crippen LogP) is 3.69. The van der Waals surface area contributed by atoms with Crippen LogP contribution in [0.25, 0.3) is 0 Å². The molecule has 1 heterocycles. The number of carbonyl (C=O) groups is 2. The number of hydrogen-bond acceptors (Lipinski definition) is 3. The summed E-state index contributed by atoms with van der Waals surface area (Å²) in [5.74, 6) is 0.132. The van der Waals surface area contributed by atoms with Crippen LogP contribution in [0.15, 0.2) is 54.6 Å². The Morgan fingerprint density at radius 3 is 2.17 bits per heavy atom. The van der Waals surface area contributed by atoms with Crippen molar-refractivity contribution in [3.63, 3.8) is 0 Å². The summed E-state index contributed by atoms with van der Waals surface area (Å²) in [6, 6.07) is 17.7. The summed E-state index contributed by atoms with van der Waals surface area (Å²) in [5.41, 5.74) is 3.05. The molecule has 29 heavy (non-hydrogen) atoms. The normalized spacial score (nSPS) is 13.2. The maximum absolute atomic E-state index is 12.1. The van der Waals surface area contributed by atoms with Crippen LogP contribution in [-0.4, -0.2) is 34.9 Å². The van der Waals surface area contributed by atoms with Gasteiger partial charge in [-0.05, 0) is 61.2 Å². The number of benzene rings is 2. The van der Waals surface area contributed by atoms with E-state index in [0.717, 1.165) is 49.2 Å². The zero-order valence-electron chi connectivity index (χ0n) is 16.5. The molecule has 2 amide bonds. The minimum atomic E-state index is -0.108. The number of nitrogens with one attached hydrogen (secondary N) is 2. The summed E-state index contributed by atoms with van der Waals surface area (Å²) >= 11 is 5.23. The van der Waals surface area contributed by atoms with E-state index in [-0.39, 0.29) is 11.8 Å². The first-order chi connectivity index (χ1) is 14.1. The highest BCUT2D eigenvalue weighted by atomic mass is 32.1. The van der Waals surface area contributed by atoms with Gasteiger partial charge in [-0.15, -0.1) is 0 Å². The number of likely N-dealkylation sites (tertiary alicyclic amines) is 1. The summed E-state index contributed by atoms with van der Waals surface area (Å²) in [4.78, 5) is 26.1. The van der Waals surface area contributed by atoms with Crippen molar-refractivity contribution in [1.29, 1.82) is 0 Å². The molecule has 2 aromatic rings. The van der Waals surface area contributed by atoms with Gasteiger partial charge in [0.1, 0.15) is 0 Å². The average molecular weight is 410 g/mol. The van der Waals surface area contributed by atoms with E-state index in [4.69, 9.17) is 12.2 Å². The second kappa shape index (κ2) is 10.7. The Bertz CT molecular complexity index is 831. The van der Waals surface area contributed by atoms with E-state index >= 15 is 0 Å². The number of nitrogens with zero attached hydrogens (tertiary/aromatic N) is 1. The van der Waals surface area contributed by atoms with Crippen LogP contribution >= 0.6 is 12.2 Å². The fourth-order valence-corrected chi connectivity index (χ4v) is 3.62. The van der Waals surface area contributed by atoms with Gasteiger partial charge in [-0.25, -0.2) is 0 Å². The van der Waals surface area contributed by atoms with Gasteiger partial charge in [0.2, 0.25) is 11.8 Å². The first kappa shape index (κ1) is 21.0. The Morgan fingerprint density at radius 1 is 0.862 bits per heavy atom. The summed E-state index contributed by atoms with van der Waals surface area (Å²) in [7, 11) is 0. The predicted molar refractivity (Wildman–Crippen MR) is 120 cm³/mol. The van der Waals surface area contributed by atoms with Crippen molar-refractivity contribution in [2.75, 3.05) is 18.4 Å². The molecule has 1 aliphatic rings. The largest absolute Gasteiger partial charge is 0.343 e. The highest BCUT2D eigenvalue weighted by Gasteiger charge is 2.17. The van der Waals surface area contributed by atoms with Gasteiger partial charge in [0.05, 0.1) is 0 Å². The standard InChI is InChI=1S/C23H27N3O2S/c27-21(14-10-18-6-2-1-3-7-18)25-23(29)24-20-12-8-19(9-13-20)11-15-22(28)26-16-4-5-17-26/h1-3,6-9,12-13H,4-5,10-11,14-17H2,(H2,24,25,27,29). The lowest BCUT2D eigenvalue weighted by Crippen LogP contribution is -2.34. The second-order valence-corrected chi connectivity index (χ2v) is 7.68. The number of amides is 2. The first-order valence-corrected chi connectivity index (χ1v) is 10.5. The molecule has 3 rings (SSSR count). The third kappa shape index (κ3) is 6.98. The van der Waals surface area contributed by atoms with E-state index in [1.807, 2.05) is 59.5 Å². The van der Waals surface area contributed by atoms with Crippen LogP contribution in [0.1, 0.15) is 36.8 Å². The van der Waals surface area contributed by atoms with E-state index in [2.05, 4.69) is 10.6 Å². The van der Waals surface area contributed by atoms with Gasteiger partial charge in [-0.3, -0.25) is 9.59 Å². The fourth-order valence-electron chi connectivity index (χ4n) is 3.38. The Labute approximate surface area is 177 Å². The van der Waals surface area contributed by atoms with Crippen molar-refractivity contribution in [1.82, 2.24) is 10.2 Å². The van der Waals surface area contributed by atoms with Crippen LogP contribution in [0.3, 0.4) is 0 Å². The molecular weight excluding hydrogens is 382 g/mol. The van der Waals surface area contributed by atoms with Gasteiger partial charge in [0.15, 0.2) is 5.11 Å². The van der Waals surface area contributed by atoms with Gasteiger partial charge in [-0.2, -0.15) is 0 Å². The van der Waals surface area contributed by atoms with Crippen molar-refractivity contribution in [2.45, 2.75) is 38.5 Å². The zero-order valence-corrected chi connectivity index (χ0v) is 17.3. The smallest absolute Gasteiger partial charge is 0.226 e. The Kier molecular flexibility index (Phi) is 7.76. The van der Waals surface area contributed by atoms with Gasteiger partial charge >= 0.3 is 0 Å². The molecule has 0 saturated carbocycles. The van der Waals surface area contributed by atoms with Crippen LogP contribution in [0.5, 0.6) is 0 Å². The monoisotopic (exact) mass is 409 g/mol. The summed E-state index contributed by atoms with van der Waals surface area (Å²) in [6.45, 7) is 1.80. The number of carbonyl (C=O) groups excluding carboxylic acids is 2. The van der Waals surface area contributed by atoms with Gasteiger partial charge in [0.25, 0.3) is 0 Å². The number of hydrogen-bond donors (Lipinski definition) is 2. The maximum atomic E-state index is 12.1. The average Bonchev–Trinajstić information content (AvgIpc) is 3.27. The highest BCUT2D eigenvalue weighted by Crippen LogP contribution is 2.14. The summed E-state index contributed by atoms with van der Waals surface area (Å²) in [6.07, 6.45) is 4.58. The minimum absolute atomic E-state index is 0.108. The molecule has 2 aromatic carbocycles. The molecule has 1 fully saturated rings. The van der Waals surface area contributed by atoms with Gasteiger partial charge in [-0.1, -0.05) is 42.5 Å². The molecule has 0 atom stereocenters. The molecule has 0 bridgehead atoms. The number of anilines is 1. The van der Waals surface area contributed by atoms with Crippen LogP contribution in [0, 0.1) is 0 Å². The molecule has 6 heteroatoms. The molecular formula is C23H27N3O2S. The van der Waals surface area contributed by atoms with E-state index in [0.29, 0.717) is 24.4 Å². The minimum Gasteiger partial charge on any atom is -0.343 e. The quantitative estimate of drug-likeness (QED) is 0.685. The molecule has 0 aromatic heterocycles. The first-order valence-electron chi connectivity index (χ1n) is 10.1. The van der Waals surface area contributed by atoms with Crippen LogP contribution in [0.2, 0.25) is 0 Å². The Morgan fingerprint density at radius 2 is 1.48 bits per heavy atom. The van der Waals surface area contributed by atoms with E-state index in [9.17, 15) is 9.59 Å². The lowest BCUT2D eigenvalue weighted by atomic mass is 10.1. The van der Waals surface area contributed by atoms with Crippen LogP contribution in [-0.2, 0) is 22.4 Å². The Hall–Kier alpha value is -2.73. The molecule has 0 unspecified atom stereocenters. The van der Waals surface area contributed by atoms with E-state index in [1.54, 1.807) is 0 Å². The summed E-state index contributed by atoms with van der Waals surface area (Å²) in [5, 5.41) is 6.04. The number of thiocarbonyl (C=S) groups is 1. The third-order valence-corrected chi connectivity index (χ3v) is 5.24. The van der Waals surface area contributed by atoms with Crippen molar-refractivity contribution in [2.24, 2.45) is 0 Å². The second-order valence-electron chi connectivity index (χ2n) is 7.27. The lowest BCUT2D eigenvalue weighted by Gasteiger charge is -2.15. The van der Waals surface area contributed by atoms with Crippen molar-refractivity contribution >= 4 is 34.8 Å². The molecule has 0 spiro atoms. The molecule has 0 radical (unpaired) electrons. The zero-order chi connectivity index (χ0) is 20.5. The van der Waals surface area contributed by atoms with E-state index in [1.165, 1.54) is 0 Å². The Balaban J connectivity index is 1.38. The molecule has 5 nitrogen and oxygen atoms in total. The highest BCUT2D eigenvalue weighted by molar-refractivity contribution is 7.80. The van der Waals surface area contributed by atoms with Crippen LogP contribution < -0.4 is 10.6 Å². The van der Waals surface area contributed by atoms with Gasteiger partial charge in [0, 0.05) is 31.6 Å². The molecule has 152 valence electrons. The van der Waals surface area contributed by atoms with Crippen LogP contribution in [0.4, 0.5) is 5.69 Å². The molecule has 0 aliphatic carbocycles. The topological polar surface area (TPSA) is 61.4 Å². The van der Waals surface area contributed by atoms with Gasteiger partial charge < -0.3 is 15.5 Å². The maximum Gasteiger partial charge on any atom is 0.226 e. The SMILES string of the molecule is O=C(CCc1ccccc1)NC(=S)Nc1ccc(CCC(=O)N2CCCC2)cc1. The molecule has 1 saturated heterocycles. The number of rotatable bonds is 7. The van der Waals surface area contributed by atoms with Crippen molar-refractivity contribution in [3.05, 3.63) is 65.7 Å². The van der Waals surface area contributed by atoms with Crippen molar-refractivity contribution < 1.29 is 9.59 Å². The van der Waals surface area contributed by atoms with Crippen molar-refractivity contribution in [3.8, 4) is 0 Å². The lowest BCUT2D eigenvalue weighted by molar-refractivity contribution is -0.130. The molecule has 2 N–H and O–H groups in total. The molecule has 1 aliphatic heterocycles. The third-order valence-electron chi connectivity index (χ3n) is 5.03. The number of aryl methyl sites for hydroxylation is 2. The summed E-state index contributed by atoms with van der Waals surface area (Å²) < 4.78 is 0.